The average Bonchev–Trinajstić information content (AvgIpc) is 2.15. The molecule has 0 aromatic heterocycles. The molecule has 13 heavy (non-hydrogen) atoms. The first-order chi connectivity index (χ1) is 6.25. The summed E-state index contributed by atoms with van der Waals surface area (Å²) >= 11 is 0. The molecule has 1 radical (unpaired) electrons. The monoisotopic (exact) mass is 172 g/mol. The van der Waals surface area contributed by atoms with E-state index < -0.39 is 0 Å². The standard InChI is InChI=1S/C12H14N/c1-4-5-10-13(3)12-9-7-6-8-11(12)2/h1,4-10H,2-3H3/b4-1?,10-5+. The Morgan fingerprint density at radius 3 is 2.62 bits per heavy atom. The molecule has 0 atom stereocenters. The first-order valence-corrected chi connectivity index (χ1v) is 4.26. The lowest BCUT2D eigenvalue weighted by Gasteiger charge is -2.16. The summed E-state index contributed by atoms with van der Waals surface area (Å²) in [6, 6.07) is 8.23. The molecule has 0 unspecified atom stereocenters. The van der Waals surface area contributed by atoms with Crippen molar-refractivity contribution < 1.29 is 0 Å². The van der Waals surface area contributed by atoms with E-state index >= 15 is 0 Å². The Morgan fingerprint density at radius 1 is 1.31 bits per heavy atom. The van der Waals surface area contributed by atoms with Crippen LogP contribution in [0.4, 0.5) is 5.69 Å². The highest BCUT2D eigenvalue weighted by Crippen LogP contribution is 2.17. The van der Waals surface area contributed by atoms with Crippen LogP contribution < -0.4 is 4.90 Å². The fourth-order valence-electron chi connectivity index (χ4n) is 1.22. The minimum absolute atomic E-state index is 1.20. The van der Waals surface area contributed by atoms with Gasteiger partial charge in [-0.25, -0.2) is 0 Å². The number of para-hydroxylation sites is 1. The van der Waals surface area contributed by atoms with Crippen LogP contribution in [-0.2, 0) is 0 Å². The smallest absolute Gasteiger partial charge is 0.0433 e. The van der Waals surface area contributed by atoms with Gasteiger partial charge in [0.2, 0.25) is 0 Å². The van der Waals surface area contributed by atoms with E-state index in [1.165, 1.54) is 17.3 Å². The van der Waals surface area contributed by atoms with Crippen molar-refractivity contribution >= 4 is 5.69 Å². The van der Waals surface area contributed by atoms with Crippen LogP contribution in [0, 0.1) is 13.5 Å². The summed E-state index contributed by atoms with van der Waals surface area (Å²) in [6.45, 7) is 7.34. The number of anilines is 1. The Balaban J connectivity index is 2.88. The van der Waals surface area contributed by atoms with E-state index in [-0.39, 0.29) is 0 Å². The molecule has 67 valence electrons. The molecule has 0 amide bonds. The van der Waals surface area contributed by atoms with Gasteiger partial charge in [0.05, 0.1) is 0 Å². The van der Waals surface area contributed by atoms with Crippen molar-refractivity contribution in [3.63, 3.8) is 0 Å². The summed E-state index contributed by atoms with van der Waals surface area (Å²) in [5.74, 6) is 0. The average molecular weight is 172 g/mol. The lowest BCUT2D eigenvalue weighted by atomic mass is 10.2. The van der Waals surface area contributed by atoms with Gasteiger partial charge in [0.25, 0.3) is 0 Å². The van der Waals surface area contributed by atoms with Gasteiger partial charge in [-0.1, -0.05) is 30.9 Å². The summed E-state index contributed by atoms with van der Waals surface area (Å²) in [5.41, 5.74) is 2.45. The third-order valence-electron chi connectivity index (χ3n) is 1.92. The van der Waals surface area contributed by atoms with Crippen LogP contribution in [0.15, 0.2) is 42.6 Å². The molecule has 0 N–H and O–H groups in total. The first-order valence-electron chi connectivity index (χ1n) is 4.26. The normalized spacial score (nSPS) is 10.3. The van der Waals surface area contributed by atoms with E-state index in [4.69, 9.17) is 6.58 Å². The Labute approximate surface area is 80.0 Å². The second-order valence-electron chi connectivity index (χ2n) is 2.93. The maximum Gasteiger partial charge on any atom is 0.0433 e. The third-order valence-corrected chi connectivity index (χ3v) is 1.92. The number of allylic oxidation sites excluding steroid dienone is 2. The topological polar surface area (TPSA) is 3.24 Å². The lowest BCUT2D eigenvalue weighted by Crippen LogP contribution is -2.08. The maximum atomic E-state index is 5.25. The second-order valence-corrected chi connectivity index (χ2v) is 2.93. The van der Waals surface area contributed by atoms with Crippen LogP contribution in [0.25, 0.3) is 0 Å². The summed E-state index contributed by atoms with van der Waals surface area (Å²) in [6.07, 6.45) is 5.27. The van der Waals surface area contributed by atoms with E-state index in [0.717, 1.165) is 0 Å². The Morgan fingerprint density at radius 2 is 2.00 bits per heavy atom. The van der Waals surface area contributed by atoms with Crippen LogP contribution in [-0.4, -0.2) is 7.05 Å². The Kier molecular flexibility index (Phi) is 3.32. The molecule has 0 bridgehead atoms. The fourth-order valence-corrected chi connectivity index (χ4v) is 1.22. The summed E-state index contributed by atoms with van der Waals surface area (Å²) in [7, 11) is 2.00. The van der Waals surface area contributed by atoms with Crippen LogP contribution in [0.2, 0.25) is 0 Å². The highest BCUT2D eigenvalue weighted by atomic mass is 15.1. The van der Waals surface area contributed by atoms with Gasteiger partial charge < -0.3 is 4.90 Å². The van der Waals surface area contributed by atoms with E-state index in [9.17, 15) is 0 Å². The maximum absolute atomic E-state index is 5.25. The van der Waals surface area contributed by atoms with E-state index in [1.54, 1.807) is 0 Å². The van der Waals surface area contributed by atoms with Crippen molar-refractivity contribution in [3.8, 4) is 0 Å². The van der Waals surface area contributed by atoms with Gasteiger partial charge >= 0.3 is 0 Å². The van der Waals surface area contributed by atoms with Gasteiger partial charge in [-0.15, -0.1) is 0 Å². The number of hydrogen-bond acceptors (Lipinski definition) is 1. The first kappa shape index (κ1) is 9.59. The number of rotatable bonds is 3. The summed E-state index contributed by atoms with van der Waals surface area (Å²) in [4.78, 5) is 2.04. The van der Waals surface area contributed by atoms with Crippen LogP contribution in [0.1, 0.15) is 5.56 Å². The molecule has 0 aliphatic heterocycles. The highest BCUT2D eigenvalue weighted by Gasteiger charge is 1.98. The molecule has 0 fully saturated rings. The largest absolute Gasteiger partial charge is 0.351 e. The number of benzene rings is 1. The molecule has 0 spiro atoms. The van der Waals surface area contributed by atoms with Gasteiger partial charge in [0.1, 0.15) is 0 Å². The minimum Gasteiger partial charge on any atom is -0.351 e. The highest BCUT2D eigenvalue weighted by molar-refractivity contribution is 5.54. The van der Waals surface area contributed by atoms with Crippen molar-refractivity contribution in [2.75, 3.05) is 11.9 Å². The van der Waals surface area contributed by atoms with E-state index in [1.807, 2.05) is 36.4 Å². The predicted molar refractivity (Wildman–Crippen MR) is 57.6 cm³/mol. The van der Waals surface area contributed by atoms with Gasteiger partial charge in [0.15, 0.2) is 0 Å². The van der Waals surface area contributed by atoms with Crippen molar-refractivity contribution in [1.82, 2.24) is 0 Å². The lowest BCUT2D eigenvalue weighted by molar-refractivity contribution is 1.18. The minimum atomic E-state index is 1.20. The number of aryl methyl sites for hydroxylation is 1. The molecule has 0 aliphatic carbocycles. The van der Waals surface area contributed by atoms with Crippen molar-refractivity contribution in [2.24, 2.45) is 0 Å². The molecule has 0 aliphatic rings. The summed E-state index contributed by atoms with van der Waals surface area (Å²) < 4.78 is 0. The van der Waals surface area contributed by atoms with Crippen molar-refractivity contribution in [1.29, 1.82) is 0 Å². The molecular weight excluding hydrogens is 158 g/mol. The van der Waals surface area contributed by atoms with E-state index in [2.05, 4.69) is 19.1 Å². The Bertz CT molecular complexity index is 313. The summed E-state index contributed by atoms with van der Waals surface area (Å²) in [5, 5.41) is 0. The fraction of sp³-hybridized carbons (Fsp3) is 0.167. The zero-order valence-corrected chi connectivity index (χ0v) is 8.07. The SMILES string of the molecule is [CH]=C/C=C/N(C)c1ccccc1C. The number of nitrogens with zero attached hydrogens (tertiary/aromatic N) is 1. The predicted octanol–water partition coefficient (Wildman–Crippen LogP) is 2.93. The zero-order valence-electron chi connectivity index (χ0n) is 8.07. The van der Waals surface area contributed by atoms with Gasteiger partial charge in [-0.2, -0.15) is 0 Å². The van der Waals surface area contributed by atoms with Crippen LogP contribution >= 0.6 is 0 Å². The third kappa shape index (κ3) is 2.48. The van der Waals surface area contributed by atoms with Gasteiger partial charge in [-0.3, -0.25) is 0 Å². The van der Waals surface area contributed by atoms with Gasteiger partial charge in [-0.05, 0) is 24.6 Å². The van der Waals surface area contributed by atoms with Gasteiger partial charge in [0, 0.05) is 18.9 Å². The van der Waals surface area contributed by atoms with Crippen LogP contribution in [0.3, 0.4) is 0 Å². The quantitative estimate of drug-likeness (QED) is 0.634. The Hall–Kier alpha value is -1.50. The molecule has 0 saturated carbocycles. The molecule has 0 heterocycles. The van der Waals surface area contributed by atoms with Crippen molar-refractivity contribution in [2.45, 2.75) is 6.92 Å². The molecule has 1 aromatic carbocycles. The second kappa shape index (κ2) is 4.51. The molecule has 1 heteroatoms. The van der Waals surface area contributed by atoms with Crippen LogP contribution in [0.5, 0.6) is 0 Å². The molecular formula is C12H14N. The van der Waals surface area contributed by atoms with E-state index in [0.29, 0.717) is 0 Å². The molecule has 1 nitrogen and oxygen atoms in total. The number of hydrogen-bond donors (Lipinski definition) is 0. The van der Waals surface area contributed by atoms with Crippen molar-refractivity contribution in [3.05, 3.63) is 54.8 Å². The molecule has 0 saturated heterocycles. The zero-order chi connectivity index (χ0) is 9.68. The molecule has 1 aromatic rings. The molecule has 1 rings (SSSR count).